The highest BCUT2D eigenvalue weighted by Crippen LogP contribution is 2.25. The van der Waals surface area contributed by atoms with Gasteiger partial charge in [0.1, 0.15) is 11.3 Å². The lowest BCUT2D eigenvalue weighted by Gasteiger charge is -1.99. The number of carbonyl (C=O) groups is 1. The Hall–Kier alpha value is -2.28. The van der Waals surface area contributed by atoms with Gasteiger partial charge in [0.25, 0.3) is 0 Å². The third kappa shape index (κ3) is 1.95. The van der Waals surface area contributed by atoms with E-state index >= 15 is 0 Å². The van der Waals surface area contributed by atoms with Gasteiger partial charge in [-0.1, -0.05) is 29.5 Å². The molecule has 0 aliphatic carbocycles. The van der Waals surface area contributed by atoms with Crippen molar-refractivity contribution in [1.29, 1.82) is 0 Å². The second-order valence-electron chi connectivity index (χ2n) is 3.74. The van der Waals surface area contributed by atoms with Crippen molar-refractivity contribution in [3.63, 3.8) is 0 Å². The third-order valence-corrected chi connectivity index (χ3v) is 3.38. The third-order valence-electron chi connectivity index (χ3n) is 2.42. The smallest absolute Gasteiger partial charge is 0.307 e. The van der Waals surface area contributed by atoms with Crippen LogP contribution in [0.3, 0.4) is 0 Å². The molecular formula is C11H8N4O2S. The maximum Gasteiger partial charge on any atom is 0.307 e. The zero-order valence-corrected chi connectivity index (χ0v) is 9.96. The van der Waals surface area contributed by atoms with Gasteiger partial charge >= 0.3 is 5.97 Å². The first-order valence-corrected chi connectivity index (χ1v) is 6.02. The number of hydrogen-bond donors (Lipinski definition) is 1. The zero-order chi connectivity index (χ0) is 12.5. The topological polar surface area (TPSA) is 80.4 Å². The summed E-state index contributed by atoms with van der Waals surface area (Å²) < 4.78 is 1.60. The molecule has 0 aliphatic rings. The molecule has 7 heteroatoms. The molecule has 0 saturated carbocycles. The van der Waals surface area contributed by atoms with Crippen molar-refractivity contribution >= 4 is 22.3 Å². The lowest BCUT2D eigenvalue weighted by atomic mass is 10.1. The minimum Gasteiger partial charge on any atom is -0.481 e. The molecule has 18 heavy (non-hydrogen) atoms. The molecule has 2 heterocycles. The van der Waals surface area contributed by atoms with E-state index in [-0.39, 0.29) is 6.42 Å². The number of aromatic nitrogens is 4. The lowest BCUT2D eigenvalue weighted by Crippen LogP contribution is -1.99. The van der Waals surface area contributed by atoms with Crippen molar-refractivity contribution in [3.05, 3.63) is 36.2 Å². The molecule has 0 saturated heterocycles. The normalized spacial score (nSPS) is 10.9. The summed E-state index contributed by atoms with van der Waals surface area (Å²) in [5, 5.41) is 21.5. The van der Waals surface area contributed by atoms with Crippen molar-refractivity contribution in [2.24, 2.45) is 0 Å². The van der Waals surface area contributed by atoms with E-state index < -0.39 is 5.97 Å². The molecule has 0 spiro atoms. The second kappa shape index (κ2) is 4.19. The highest BCUT2D eigenvalue weighted by molar-refractivity contribution is 7.19. The highest BCUT2D eigenvalue weighted by atomic mass is 32.1. The Morgan fingerprint density at radius 3 is 3.11 bits per heavy atom. The molecule has 3 rings (SSSR count). The van der Waals surface area contributed by atoms with Crippen LogP contribution in [0.5, 0.6) is 0 Å². The van der Waals surface area contributed by atoms with E-state index in [9.17, 15) is 4.79 Å². The molecule has 1 N–H and O–H groups in total. The molecule has 0 aliphatic heterocycles. The molecule has 6 nitrogen and oxygen atoms in total. The minimum atomic E-state index is -0.842. The highest BCUT2D eigenvalue weighted by Gasteiger charge is 2.09. The van der Waals surface area contributed by atoms with Gasteiger partial charge in [-0.15, -0.1) is 10.2 Å². The number of carboxylic acids is 1. The van der Waals surface area contributed by atoms with Gasteiger partial charge in [0, 0.05) is 5.56 Å². The van der Waals surface area contributed by atoms with E-state index in [2.05, 4.69) is 15.3 Å². The molecule has 1 aromatic carbocycles. The average molecular weight is 260 g/mol. The van der Waals surface area contributed by atoms with Crippen LogP contribution in [0.15, 0.2) is 30.6 Å². The van der Waals surface area contributed by atoms with Crippen molar-refractivity contribution in [1.82, 2.24) is 19.8 Å². The average Bonchev–Trinajstić information content (AvgIpc) is 2.88. The van der Waals surface area contributed by atoms with E-state index in [0.29, 0.717) is 4.96 Å². The maximum atomic E-state index is 10.7. The maximum absolute atomic E-state index is 10.7. The van der Waals surface area contributed by atoms with Crippen LogP contribution in [0.1, 0.15) is 5.56 Å². The first-order chi connectivity index (χ1) is 8.72. The summed E-state index contributed by atoms with van der Waals surface area (Å²) in [6.07, 6.45) is 1.55. The SMILES string of the molecule is O=C(O)Cc1cccc(-c2nn3cnnc3s2)c1. The fraction of sp³-hybridized carbons (Fsp3) is 0.0909. The molecule has 3 aromatic rings. The van der Waals surface area contributed by atoms with Crippen LogP contribution >= 0.6 is 11.3 Å². The molecule has 0 unspecified atom stereocenters. The Morgan fingerprint density at radius 1 is 1.44 bits per heavy atom. The molecule has 0 bridgehead atoms. The first-order valence-electron chi connectivity index (χ1n) is 5.20. The van der Waals surface area contributed by atoms with E-state index in [1.165, 1.54) is 17.7 Å². The van der Waals surface area contributed by atoms with Gasteiger partial charge in [0.05, 0.1) is 6.42 Å². The molecule has 2 aromatic heterocycles. The molecule has 0 radical (unpaired) electrons. The quantitative estimate of drug-likeness (QED) is 0.771. The van der Waals surface area contributed by atoms with Gasteiger partial charge in [-0.25, -0.2) is 0 Å². The Morgan fingerprint density at radius 2 is 2.33 bits per heavy atom. The number of nitrogens with zero attached hydrogens (tertiary/aromatic N) is 4. The van der Waals surface area contributed by atoms with Crippen molar-refractivity contribution in [3.8, 4) is 10.6 Å². The Bertz CT molecular complexity index is 690. The standard InChI is InChI=1S/C11H8N4O2S/c16-9(17)5-7-2-1-3-8(4-7)10-14-15-6-12-13-11(15)18-10/h1-4,6H,5H2,(H,16,17). The molecule has 0 amide bonds. The summed E-state index contributed by atoms with van der Waals surface area (Å²) in [5.74, 6) is -0.842. The largest absolute Gasteiger partial charge is 0.481 e. The van der Waals surface area contributed by atoms with Gasteiger partial charge in [0.2, 0.25) is 4.96 Å². The van der Waals surface area contributed by atoms with Crippen molar-refractivity contribution in [2.45, 2.75) is 6.42 Å². The lowest BCUT2D eigenvalue weighted by molar-refractivity contribution is -0.136. The van der Waals surface area contributed by atoms with Gasteiger partial charge in [0.15, 0.2) is 0 Å². The second-order valence-corrected chi connectivity index (χ2v) is 4.69. The van der Waals surface area contributed by atoms with E-state index in [0.717, 1.165) is 16.1 Å². The monoisotopic (exact) mass is 260 g/mol. The fourth-order valence-electron chi connectivity index (χ4n) is 1.67. The van der Waals surface area contributed by atoms with E-state index in [1.807, 2.05) is 18.2 Å². The fourth-order valence-corrected chi connectivity index (χ4v) is 2.48. The summed E-state index contributed by atoms with van der Waals surface area (Å²) in [6.45, 7) is 0. The van der Waals surface area contributed by atoms with Gasteiger partial charge < -0.3 is 5.11 Å². The van der Waals surface area contributed by atoms with Crippen LogP contribution in [0.25, 0.3) is 15.5 Å². The molecule has 0 atom stereocenters. The first kappa shape index (κ1) is 10.8. The Kier molecular flexibility index (Phi) is 2.52. The summed E-state index contributed by atoms with van der Waals surface area (Å²) >= 11 is 1.42. The van der Waals surface area contributed by atoms with Gasteiger partial charge in [-0.3, -0.25) is 4.79 Å². The van der Waals surface area contributed by atoms with Gasteiger partial charge in [-0.2, -0.15) is 9.61 Å². The summed E-state index contributed by atoms with van der Waals surface area (Å²) in [4.78, 5) is 11.4. The van der Waals surface area contributed by atoms with E-state index in [1.54, 1.807) is 10.6 Å². The number of rotatable bonds is 3. The predicted molar refractivity (Wildman–Crippen MR) is 65.4 cm³/mol. The Balaban J connectivity index is 2.00. The zero-order valence-electron chi connectivity index (χ0n) is 9.15. The number of hydrogen-bond acceptors (Lipinski definition) is 5. The summed E-state index contributed by atoms with van der Waals surface area (Å²) in [5.41, 5.74) is 1.65. The van der Waals surface area contributed by atoms with Crippen LogP contribution in [-0.4, -0.2) is 30.9 Å². The van der Waals surface area contributed by atoms with Crippen molar-refractivity contribution < 1.29 is 9.90 Å². The Labute approximate surface area is 106 Å². The number of aliphatic carboxylic acids is 1. The minimum absolute atomic E-state index is 0.0118. The van der Waals surface area contributed by atoms with Crippen LogP contribution in [-0.2, 0) is 11.2 Å². The van der Waals surface area contributed by atoms with Crippen LogP contribution < -0.4 is 0 Å². The van der Waals surface area contributed by atoms with Gasteiger partial charge in [-0.05, 0) is 11.6 Å². The molecule has 0 fully saturated rings. The molecular weight excluding hydrogens is 252 g/mol. The van der Waals surface area contributed by atoms with E-state index in [4.69, 9.17) is 5.11 Å². The number of fused-ring (bicyclic) bond motifs is 1. The number of benzene rings is 1. The summed E-state index contributed by atoms with van der Waals surface area (Å²) in [6, 6.07) is 7.35. The molecule has 90 valence electrons. The number of carboxylic acid groups (broad SMARTS) is 1. The van der Waals surface area contributed by atoms with Crippen LogP contribution in [0.2, 0.25) is 0 Å². The van der Waals surface area contributed by atoms with Crippen LogP contribution in [0.4, 0.5) is 0 Å². The van der Waals surface area contributed by atoms with Crippen LogP contribution in [0, 0.1) is 0 Å². The summed E-state index contributed by atoms with van der Waals surface area (Å²) in [7, 11) is 0. The van der Waals surface area contributed by atoms with Crippen molar-refractivity contribution in [2.75, 3.05) is 0 Å². The predicted octanol–water partition coefficient (Wildman–Crippen LogP) is 1.48.